The molecule has 0 unspecified atom stereocenters. The van der Waals surface area contributed by atoms with Crippen molar-refractivity contribution in [3.05, 3.63) is 28.8 Å². The number of hydrogen-bond donors (Lipinski definition) is 1. The summed E-state index contributed by atoms with van der Waals surface area (Å²) in [5.41, 5.74) is -0.288. The molecule has 5 heteroatoms. The van der Waals surface area contributed by atoms with E-state index in [0.29, 0.717) is 12.2 Å². The van der Waals surface area contributed by atoms with Gasteiger partial charge >= 0.3 is 6.18 Å². The third kappa shape index (κ3) is 6.19. The van der Waals surface area contributed by atoms with Gasteiger partial charge in [-0.1, -0.05) is 44.2 Å². The molecule has 1 nitrogen and oxygen atoms in total. The van der Waals surface area contributed by atoms with Crippen LogP contribution in [0.15, 0.2) is 18.2 Å². The topological polar surface area (TPSA) is 12.0 Å². The second kappa shape index (κ2) is 7.63. The van der Waals surface area contributed by atoms with Gasteiger partial charge in [0.15, 0.2) is 0 Å². The molecule has 0 aliphatic heterocycles. The van der Waals surface area contributed by atoms with E-state index in [1.54, 1.807) is 0 Å². The van der Waals surface area contributed by atoms with Crippen molar-refractivity contribution >= 4 is 17.3 Å². The standard InChI is InChI=1S/C14H19ClF3N/c1-2-3-4-5-6-7-19-13-9-11(14(16,17)18)8-12(15)10-13/h8-10,19H,2-7H2,1H3. The van der Waals surface area contributed by atoms with Crippen LogP contribution in [0.4, 0.5) is 18.9 Å². The molecular weight excluding hydrogens is 275 g/mol. The molecule has 0 aliphatic carbocycles. The Hall–Kier alpha value is -0.900. The van der Waals surface area contributed by atoms with Crippen LogP contribution >= 0.6 is 11.6 Å². The van der Waals surface area contributed by atoms with Gasteiger partial charge in [0.05, 0.1) is 5.56 Å². The molecule has 1 rings (SSSR count). The minimum absolute atomic E-state index is 0.100. The molecule has 0 heterocycles. The van der Waals surface area contributed by atoms with Crippen molar-refractivity contribution in [3.8, 4) is 0 Å². The summed E-state index contributed by atoms with van der Waals surface area (Å²) >= 11 is 5.70. The molecule has 0 atom stereocenters. The lowest BCUT2D eigenvalue weighted by Gasteiger charge is -2.11. The maximum absolute atomic E-state index is 12.6. The Kier molecular flexibility index (Phi) is 6.49. The molecule has 0 aromatic heterocycles. The summed E-state index contributed by atoms with van der Waals surface area (Å²) in [7, 11) is 0. The zero-order valence-electron chi connectivity index (χ0n) is 11.0. The van der Waals surface area contributed by atoms with Crippen LogP contribution in [-0.2, 0) is 6.18 Å². The first-order valence-corrected chi connectivity index (χ1v) is 6.93. The van der Waals surface area contributed by atoms with Crippen molar-refractivity contribution in [1.82, 2.24) is 0 Å². The summed E-state index contributed by atoms with van der Waals surface area (Å²) in [4.78, 5) is 0. The molecule has 0 radical (unpaired) electrons. The van der Waals surface area contributed by atoms with Gasteiger partial charge in [0.1, 0.15) is 0 Å². The quantitative estimate of drug-likeness (QED) is 0.632. The molecule has 1 N–H and O–H groups in total. The van der Waals surface area contributed by atoms with Crippen LogP contribution in [0.1, 0.15) is 44.6 Å². The average Bonchev–Trinajstić information content (AvgIpc) is 2.32. The van der Waals surface area contributed by atoms with Gasteiger partial charge in [-0.15, -0.1) is 0 Å². The number of anilines is 1. The number of alkyl halides is 3. The van der Waals surface area contributed by atoms with E-state index in [1.165, 1.54) is 25.3 Å². The number of unbranched alkanes of at least 4 members (excludes halogenated alkanes) is 4. The first-order valence-electron chi connectivity index (χ1n) is 6.55. The van der Waals surface area contributed by atoms with Gasteiger partial charge in [0.25, 0.3) is 0 Å². The largest absolute Gasteiger partial charge is 0.416 e. The molecular formula is C14H19ClF3N. The number of hydrogen-bond acceptors (Lipinski definition) is 1. The molecule has 0 saturated heterocycles. The zero-order valence-corrected chi connectivity index (χ0v) is 11.7. The molecule has 0 aliphatic rings. The molecule has 1 aromatic rings. The normalized spacial score (nSPS) is 11.6. The van der Waals surface area contributed by atoms with E-state index in [9.17, 15) is 13.2 Å². The number of nitrogens with one attached hydrogen (secondary N) is 1. The molecule has 0 amide bonds. The molecule has 0 spiro atoms. The minimum Gasteiger partial charge on any atom is -0.385 e. The van der Waals surface area contributed by atoms with E-state index in [-0.39, 0.29) is 5.02 Å². The van der Waals surface area contributed by atoms with E-state index in [2.05, 4.69) is 12.2 Å². The van der Waals surface area contributed by atoms with Crippen LogP contribution < -0.4 is 5.32 Å². The molecule has 0 saturated carbocycles. The number of benzene rings is 1. The predicted octanol–water partition coefficient (Wildman–Crippen LogP) is 5.74. The highest BCUT2D eigenvalue weighted by Gasteiger charge is 2.31. The smallest absolute Gasteiger partial charge is 0.385 e. The highest BCUT2D eigenvalue weighted by atomic mass is 35.5. The first kappa shape index (κ1) is 16.2. The Morgan fingerprint density at radius 3 is 2.37 bits per heavy atom. The van der Waals surface area contributed by atoms with Crippen LogP contribution in [0.3, 0.4) is 0 Å². The van der Waals surface area contributed by atoms with Gasteiger partial charge in [-0.05, 0) is 24.6 Å². The van der Waals surface area contributed by atoms with Gasteiger partial charge in [-0.25, -0.2) is 0 Å². The van der Waals surface area contributed by atoms with Crippen LogP contribution in [0, 0.1) is 0 Å². The monoisotopic (exact) mass is 293 g/mol. The first-order chi connectivity index (χ1) is 8.93. The second-order valence-electron chi connectivity index (χ2n) is 4.57. The summed E-state index contributed by atoms with van der Waals surface area (Å²) in [6.45, 7) is 2.81. The third-order valence-electron chi connectivity index (χ3n) is 2.83. The number of halogens is 4. The maximum atomic E-state index is 12.6. The Labute approximate surface area is 117 Å². The van der Waals surface area contributed by atoms with Crippen molar-refractivity contribution in [2.75, 3.05) is 11.9 Å². The summed E-state index contributed by atoms with van der Waals surface area (Å²) in [5.74, 6) is 0. The fourth-order valence-electron chi connectivity index (χ4n) is 1.82. The molecule has 0 fully saturated rings. The Balaban J connectivity index is 2.48. The van der Waals surface area contributed by atoms with Crippen LogP contribution in [0.25, 0.3) is 0 Å². The SMILES string of the molecule is CCCCCCCNc1cc(Cl)cc(C(F)(F)F)c1. The summed E-state index contributed by atoms with van der Waals surface area (Å²) in [6, 6.07) is 3.55. The molecule has 19 heavy (non-hydrogen) atoms. The van der Waals surface area contributed by atoms with E-state index in [0.717, 1.165) is 25.0 Å². The third-order valence-corrected chi connectivity index (χ3v) is 3.05. The van der Waals surface area contributed by atoms with Crippen LogP contribution in [0.5, 0.6) is 0 Å². The summed E-state index contributed by atoms with van der Waals surface area (Å²) in [5, 5.41) is 3.09. The lowest BCUT2D eigenvalue weighted by Crippen LogP contribution is -2.07. The molecule has 108 valence electrons. The van der Waals surface area contributed by atoms with Crippen LogP contribution in [0.2, 0.25) is 5.02 Å². The molecule has 0 bridgehead atoms. The highest BCUT2D eigenvalue weighted by molar-refractivity contribution is 6.30. The second-order valence-corrected chi connectivity index (χ2v) is 5.00. The van der Waals surface area contributed by atoms with Crippen molar-refractivity contribution in [2.45, 2.75) is 45.2 Å². The van der Waals surface area contributed by atoms with Crippen molar-refractivity contribution < 1.29 is 13.2 Å². The Morgan fingerprint density at radius 1 is 1.05 bits per heavy atom. The van der Waals surface area contributed by atoms with Crippen molar-refractivity contribution in [2.24, 2.45) is 0 Å². The van der Waals surface area contributed by atoms with E-state index in [4.69, 9.17) is 11.6 Å². The highest BCUT2D eigenvalue weighted by Crippen LogP contribution is 2.33. The fourth-order valence-corrected chi connectivity index (χ4v) is 2.05. The summed E-state index contributed by atoms with van der Waals surface area (Å²) < 4.78 is 37.8. The van der Waals surface area contributed by atoms with E-state index >= 15 is 0 Å². The van der Waals surface area contributed by atoms with Gasteiger partial charge in [0, 0.05) is 17.3 Å². The lowest BCUT2D eigenvalue weighted by atomic mass is 10.1. The van der Waals surface area contributed by atoms with Crippen molar-refractivity contribution in [3.63, 3.8) is 0 Å². The number of rotatable bonds is 7. The maximum Gasteiger partial charge on any atom is 0.416 e. The molecule has 1 aromatic carbocycles. The fraction of sp³-hybridized carbons (Fsp3) is 0.571. The van der Waals surface area contributed by atoms with Gasteiger partial charge in [0.2, 0.25) is 0 Å². The van der Waals surface area contributed by atoms with Crippen LogP contribution in [-0.4, -0.2) is 6.54 Å². The van der Waals surface area contributed by atoms with Crippen molar-refractivity contribution in [1.29, 1.82) is 0 Å². The minimum atomic E-state index is -4.36. The Bertz CT molecular complexity index is 391. The van der Waals surface area contributed by atoms with Gasteiger partial charge in [-0.3, -0.25) is 0 Å². The summed E-state index contributed by atoms with van der Waals surface area (Å²) in [6.07, 6.45) is 1.23. The predicted molar refractivity (Wildman–Crippen MR) is 73.7 cm³/mol. The lowest BCUT2D eigenvalue weighted by molar-refractivity contribution is -0.137. The van der Waals surface area contributed by atoms with E-state index < -0.39 is 11.7 Å². The van der Waals surface area contributed by atoms with Gasteiger partial charge in [-0.2, -0.15) is 13.2 Å². The van der Waals surface area contributed by atoms with E-state index in [1.807, 2.05) is 0 Å². The van der Waals surface area contributed by atoms with Gasteiger partial charge < -0.3 is 5.32 Å². The Morgan fingerprint density at radius 2 is 1.74 bits per heavy atom. The average molecular weight is 294 g/mol. The zero-order chi connectivity index (χ0) is 14.3.